The Morgan fingerprint density at radius 1 is 0.966 bits per heavy atom. The van der Waals surface area contributed by atoms with Crippen molar-refractivity contribution < 1.29 is 14.0 Å². The van der Waals surface area contributed by atoms with E-state index in [4.69, 9.17) is 4.42 Å². The van der Waals surface area contributed by atoms with Crippen LogP contribution in [0.25, 0.3) is 11.0 Å². The van der Waals surface area contributed by atoms with E-state index < -0.39 is 5.92 Å². The van der Waals surface area contributed by atoms with Gasteiger partial charge in [0.1, 0.15) is 11.5 Å². The first-order valence-corrected chi connectivity index (χ1v) is 10.7. The molecule has 0 bridgehead atoms. The summed E-state index contributed by atoms with van der Waals surface area (Å²) in [6, 6.07) is 7.75. The number of rotatable bonds is 10. The van der Waals surface area contributed by atoms with Crippen molar-refractivity contribution in [3.05, 3.63) is 36.1 Å². The summed E-state index contributed by atoms with van der Waals surface area (Å²) in [6.07, 6.45) is 2.04. The van der Waals surface area contributed by atoms with Crippen LogP contribution in [0, 0.1) is 23.7 Å². The van der Waals surface area contributed by atoms with Crippen molar-refractivity contribution in [2.24, 2.45) is 23.7 Å². The molecule has 1 atom stereocenters. The van der Waals surface area contributed by atoms with Crippen molar-refractivity contribution in [1.29, 1.82) is 0 Å². The third kappa shape index (κ3) is 6.91. The van der Waals surface area contributed by atoms with E-state index in [1.54, 1.807) is 6.26 Å². The standard InChI is InChI=1S/C24H36N2O3/c1-16(2)13-25-23(27)21(24(28)26(14-17(3)4)15-18(5)6)12-19-7-8-22-20(11-19)9-10-29-22/h7-11,16-18,21H,12-15H2,1-6H3,(H,25,27). The fourth-order valence-corrected chi connectivity index (χ4v) is 3.46. The lowest BCUT2D eigenvalue weighted by atomic mass is 9.95. The van der Waals surface area contributed by atoms with Gasteiger partial charge in [-0.15, -0.1) is 0 Å². The maximum Gasteiger partial charge on any atom is 0.235 e. The van der Waals surface area contributed by atoms with Crippen LogP contribution in [0.5, 0.6) is 0 Å². The van der Waals surface area contributed by atoms with Gasteiger partial charge in [-0.3, -0.25) is 9.59 Å². The second-order valence-corrected chi connectivity index (χ2v) is 9.22. The van der Waals surface area contributed by atoms with E-state index >= 15 is 0 Å². The molecule has 160 valence electrons. The molecule has 0 radical (unpaired) electrons. The highest BCUT2D eigenvalue weighted by Crippen LogP contribution is 2.21. The molecule has 0 saturated carbocycles. The molecule has 1 aromatic carbocycles. The molecule has 0 fully saturated rings. The number of hydrogen-bond donors (Lipinski definition) is 1. The maximum absolute atomic E-state index is 13.5. The Morgan fingerprint density at radius 2 is 1.62 bits per heavy atom. The van der Waals surface area contributed by atoms with Crippen molar-refractivity contribution in [3.63, 3.8) is 0 Å². The molecule has 5 heteroatoms. The summed E-state index contributed by atoms with van der Waals surface area (Å²) in [5.74, 6) is 0.0307. The number of fused-ring (bicyclic) bond motifs is 1. The topological polar surface area (TPSA) is 62.6 Å². The quantitative estimate of drug-likeness (QED) is 0.597. The predicted molar refractivity (Wildman–Crippen MR) is 118 cm³/mol. The van der Waals surface area contributed by atoms with E-state index in [9.17, 15) is 9.59 Å². The Kier molecular flexibility index (Phi) is 8.30. The maximum atomic E-state index is 13.5. The van der Waals surface area contributed by atoms with E-state index in [0.717, 1.165) is 16.5 Å². The van der Waals surface area contributed by atoms with Gasteiger partial charge >= 0.3 is 0 Å². The van der Waals surface area contributed by atoms with Gasteiger partial charge in [0.05, 0.1) is 6.26 Å². The van der Waals surface area contributed by atoms with Crippen LogP contribution in [0.2, 0.25) is 0 Å². The summed E-state index contributed by atoms with van der Waals surface area (Å²) in [5.41, 5.74) is 1.77. The molecule has 0 aliphatic heterocycles. The van der Waals surface area contributed by atoms with Crippen molar-refractivity contribution in [3.8, 4) is 0 Å². The van der Waals surface area contributed by atoms with Gasteiger partial charge in [0.2, 0.25) is 11.8 Å². The number of hydrogen-bond acceptors (Lipinski definition) is 3. The first-order valence-electron chi connectivity index (χ1n) is 10.7. The number of benzene rings is 1. The third-order valence-corrected chi connectivity index (χ3v) is 4.74. The van der Waals surface area contributed by atoms with Gasteiger partial charge in [0.15, 0.2) is 0 Å². The molecule has 1 N–H and O–H groups in total. The summed E-state index contributed by atoms with van der Waals surface area (Å²) in [7, 11) is 0. The third-order valence-electron chi connectivity index (χ3n) is 4.74. The van der Waals surface area contributed by atoms with Gasteiger partial charge in [-0.05, 0) is 47.9 Å². The molecule has 5 nitrogen and oxygen atoms in total. The molecule has 29 heavy (non-hydrogen) atoms. The Hall–Kier alpha value is -2.30. The van der Waals surface area contributed by atoms with Crippen LogP contribution in [-0.4, -0.2) is 36.3 Å². The SMILES string of the molecule is CC(C)CNC(=O)C(Cc1ccc2occc2c1)C(=O)N(CC(C)C)CC(C)C. The van der Waals surface area contributed by atoms with Crippen LogP contribution in [-0.2, 0) is 16.0 Å². The molecule has 0 aliphatic rings. The van der Waals surface area contributed by atoms with Gasteiger partial charge < -0.3 is 14.6 Å². The lowest BCUT2D eigenvalue weighted by Gasteiger charge is -2.30. The number of furan rings is 1. The van der Waals surface area contributed by atoms with Crippen LogP contribution in [0.4, 0.5) is 0 Å². The molecule has 0 saturated heterocycles. The average molecular weight is 401 g/mol. The summed E-state index contributed by atoms with van der Waals surface area (Å²) in [5, 5.41) is 3.96. The van der Waals surface area contributed by atoms with Crippen molar-refractivity contribution in [2.45, 2.75) is 48.0 Å². The largest absolute Gasteiger partial charge is 0.464 e. The first-order chi connectivity index (χ1) is 13.7. The van der Waals surface area contributed by atoms with E-state index in [2.05, 4.69) is 33.0 Å². The van der Waals surface area contributed by atoms with Crippen molar-refractivity contribution in [2.75, 3.05) is 19.6 Å². The van der Waals surface area contributed by atoms with Crippen LogP contribution < -0.4 is 5.32 Å². The van der Waals surface area contributed by atoms with Gasteiger partial charge in [0.25, 0.3) is 0 Å². The summed E-state index contributed by atoms with van der Waals surface area (Å²) in [6.45, 7) is 14.4. The van der Waals surface area contributed by atoms with Gasteiger partial charge in [0, 0.05) is 25.0 Å². The Bertz CT molecular complexity index is 797. The van der Waals surface area contributed by atoms with Crippen LogP contribution in [0.3, 0.4) is 0 Å². The monoisotopic (exact) mass is 400 g/mol. The van der Waals surface area contributed by atoms with Gasteiger partial charge in [-0.25, -0.2) is 0 Å². The summed E-state index contributed by atoms with van der Waals surface area (Å²) >= 11 is 0. The first kappa shape index (κ1) is 23.0. The van der Waals surface area contributed by atoms with Gasteiger partial charge in [-0.1, -0.05) is 47.6 Å². The molecular weight excluding hydrogens is 364 g/mol. The number of carbonyl (C=O) groups is 2. The zero-order chi connectivity index (χ0) is 21.6. The highest BCUT2D eigenvalue weighted by Gasteiger charge is 2.31. The molecule has 0 aliphatic carbocycles. The van der Waals surface area contributed by atoms with E-state index in [1.165, 1.54) is 0 Å². The Balaban J connectivity index is 2.28. The normalized spacial score (nSPS) is 12.7. The molecule has 1 unspecified atom stereocenters. The fourth-order valence-electron chi connectivity index (χ4n) is 3.46. The molecular formula is C24H36N2O3. The second-order valence-electron chi connectivity index (χ2n) is 9.22. The van der Waals surface area contributed by atoms with Crippen molar-refractivity contribution >= 4 is 22.8 Å². The minimum atomic E-state index is -0.726. The van der Waals surface area contributed by atoms with E-state index in [0.29, 0.717) is 43.8 Å². The minimum Gasteiger partial charge on any atom is -0.464 e. The lowest BCUT2D eigenvalue weighted by molar-refractivity contribution is -0.143. The predicted octanol–water partition coefficient (Wildman–Crippen LogP) is 4.50. The summed E-state index contributed by atoms with van der Waals surface area (Å²) in [4.78, 5) is 28.3. The highest BCUT2D eigenvalue weighted by atomic mass is 16.3. The number of nitrogens with one attached hydrogen (secondary N) is 1. The Labute approximate surface area is 174 Å². The zero-order valence-electron chi connectivity index (χ0n) is 18.7. The van der Waals surface area contributed by atoms with Crippen LogP contribution >= 0.6 is 0 Å². The number of amides is 2. The molecule has 2 aromatic rings. The molecule has 0 spiro atoms. The number of carbonyl (C=O) groups excluding carboxylic acids is 2. The Morgan fingerprint density at radius 3 is 2.21 bits per heavy atom. The minimum absolute atomic E-state index is 0.0825. The second kappa shape index (κ2) is 10.5. The number of nitrogens with zero attached hydrogens (tertiary/aromatic N) is 1. The average Bonchev–Trinajstić information content (AvgIpc) is 3.10. The zero-order valence-corrected chi connectivity index (χ0v) is 18.7. The fraction of sp³-hybridized carbons (Fsp3) is 0.583. The molecule has 1 heterocycles. The van der Waals surface area contributed by atoms with Crippen LogP contribution in [0.1, 0.15) is 47.1 Å². The highest BCUT2D eigenvalue weighted by molar-refractivity contribution is 6.00. The molecule has 1 aromatic heterocycles. The smallest absolute Gasteiger partial charge is 0.235 e. The van der Waals surface area contributed by atoms with E-state index in [-0.39, 0.29) is 11.8 Å². The van der Waals surface area contributed by atoms with Gasteiger partial charge in [-0.2, -0.15) is 0 Å². The molecule has 2 rings (SSSR count). The lowest BCUT2D eigenvalue weighted by Crippen LogP contribution is -2.47. The summed E-state index contributed by atoms with van der Waals surface area (Å²) < 4.78 is 5.41. The van der Waals surface area contributed by atoms with Crippen LogP contribution in [0.15, 0.2) is 34.9 Å². The van der Waals surface area contributed by atoms with Crippen molar-refractivity contribution in [1.82, 2.24) is 10.2 Å². The van der Waals surface area contributed by atoms with E-state index in [1.807, 2.05) is 43.0 Å². The molecule has 2 amide bonds.